The van der Waals surface area contributed by atoms with Gasteiger partial charge in [0, 0.05) is 44.0 Å². The van der Waals surface area contributed by atoms with Gasteiger partial charge in [0.1, 0.15) is 0 Å². The topological polar surface area (TPSA) is 47.7 Å². The average Bonchev–Trinajstić information content (AvgIpc) is 3.11. The van der Waals surface area contributed by atoms with E-state index in [2.05, 4.69) is 47.6 Å². The van der Waals surface area contributed by atoms with E-state index in [1.807, 2.05) is 34.9 Å². The number of hydrogen-bond acceptors (Lipinski definition) is 3. The molecule has 0 fully saturated rings. The number of nitrogens with zero attached hydrogens (tertiary/aromatic N) is 4. The molecule has 22 heavy (non-hydrogen) atoms. The lowest BCUT2D eigenvalue weighted by molar-refractivity contribution is 0.455. The van der Waals surface area contributed by atoms with Crippen molar-refractivity contribution in [1.82, 2.24) is 24.9 Å². The Hall–Kier alpha value is -2.14. The van der Waals surface area contributed by atoms with Crippen molar-refractivity contribution in [2.75, 3.05) is 0 Å². The maximum atomic E-state index is 4.65. The van der Waals surface area contributed by atoms with E-state index < -0.39 is 0 Å². The van der Waals surface area contributed by atoms with Crippen LogP contribution in [0.25, 0.3) is 10.9 Å². The molecule has 5 heteroatoms. The van der Waals surface area contributed by atoms with E-state index in [-0.39, 0.29) is 0 Å². The van der Waals surface area contributed by atoms with Gasteiger partial charge in [-0.3, -0.25) is 9.36 Å². The van der Waals surface area contributed by atoms with Crippen LogP contribution in [0.15, 0.2) is 36.7 Å². The van der Waals surface area contributed by atoms with Gasteiger partial charge in [0.2, 0.25) is 0 Å². The summed E-state index contributed by atoms with van der Waals surface area (Å²) in [5.74, 6) is 0. The Kier molecular flexibility index (Phi) is 4.24. The molecule has 0 aliphatic rings. The van der Waals surface area contributed by atoms with E-state index >= 15 is 0 Å². The molecule has 1 atom stereocenters. The quantitative estimate of drug-likeness (QED) is 0.761. The molecular weight excluding hydrogens is 274 g/mol. The van der Waals surface area contributed by atoms with Gasteiger partial charge in [-0.15, -0.1) is 0 Å². The minimum Gasteiger partial charge on any atom is -0.309 e. The summed E-state index contributed by atoms with van der Waals surface area (Å²) in [5.41, 5.74) is 3.58. The van der Waals surface area contributed by atoms with Gasteiger partial charge >= 0.3 is 0 Å². The van der Waals surface area contributed by atoms with Crippen molar-refractivity contribution in [2.45, 2.75) is 39.4 Å². The van der Waals surface area contributed by atoms with Gasteiger partial charge in [0.25, 0.3) is 0 Å². The van der Waals surface area contributed by atoms with Crippen LogP contribution >= 0.6 is 0 Å². The predicted octanol–water partition coefficient (Wildman–Crippen LogP) is 2.65. The molecular formula is C17H23N5. The third kappa shape index (κ3) is 3.20. The Balaban J connectivity index is 1.62. The van der Waals surface area contributed by atoms with Crippen molar-refractivity contribution in [2.24, 2.45) is 7.05 Å². The molecule has 0 spiro atoms. The van der Waals surface area contributed by atoms with Crippen molar-refractivity contribution in [3.63, 3.8) is 0 Å². The number of hydrogen-bond donors (Lipinski definition) is 1. The number of aryl methyl sites for hydroxylation is 3. The molecule has 116 valence electrons. The Morgan fingerprint density at radius 2 is 2.18 bits per heavy atom. The van der Waals surface area contributed by atoms with Crippen molar-refractivity contribution in [3.8, 4) is 0 Å². The summed E-state index contributed by atoms with van der Waals surface area (Å²) in [6.45, 7) is 6.06. The summed E-state index contributed by atoms with van der Waals surface area (Å²) < 4.78 is 3.93. The second-order valence-electron chi connectivity index (χ2n) is 5.93. The number of rotatable bonds is 6. The van der Waals surface area contributed by atoms with Crippen LogP contribution in [0, 0.1) is 6.92 Å². The summed E-state index contributed by atoms with van der Waals surface area (Å²) in [4.78, 5) is 0. The third-order valence-electron chi connectivity index (χ3n) is 4.05. The molecule has 3 rings (SSSR count). The number of fused-ring (bicyclic) bond motifs is 1. The second kappa shape index (κ2) is 6.32. The van der Waals surface area contributed by atoms with Crippen molar-refractivity contribution >= 4 is 10.9 Å². The van der Waals surface area contributed by atoms with Crippen LogP contribution in [0.5, 0.6) is 0 Å². The Morgan fingerprint density at radius 3 is 2.95 bits per heavy atom. The van der Waals surface area contributed by atoms with Crippen molar-refractivity contribution < 1.29 is 0 Å². The summed E-state index contributed by atoms with van der Waals surface area (Å²) in [7, 11) is 2.00. The van der Waals surface area contributed by atoms with Gasteiger partial charge in [-0.05, 0) is 38.5 Å². The molecule has 0 saturated carbocycles. The van der Waals surface area contributed by atoms with E-state index in [9.17, 15) is 0 Å². The van der Waals surface area contributed by atoms with Gasteiger partial charge in [-0.25, -0.2) is 0 Å². The molecule has 0 radical (unpaired) electrons. The lowest BCUT2D eigenvalue weighted by Gasteiger charge is -2.13. The van der Waals surface area contributed by atoms with Gasteiger partial charge < -0.3 is 5.32 Å². The molecule has 1 N–H and O–H groups in total. The summed E-state index contributed by atoms with van der Waals surface area (Å²) in [6, 6.07) is 8.87. The van der Waals surface area contributed by atoms with Gasteiger partial charge in [-0.1, -0.05) is 11.6 Å². The maximum Gasteiger partial charge on any atom is 0.0841 e. The first-order valence-electron chi connectivity index (χ1n) is 7.76. The number of benzene rings is 1. The van der Waals surface area contributed by atoms with Crippen LogP contribution in [0.3, 0.4) is 0 Å². The fourth-order valence-corrected chi connectivity index (χ4v) is 2.71. The van der Waals surface area contributed by atoms with Crippen LogP contribution in [-0.2, 0) is 20.1 Å². The predicted molar refractivity (Wildman–Crippen MR) is 88.6 cm³/mol. The van der Waals surface area contributed by atoms with E-state index in [0.717, 1.165) is 25.2 Å². The summed E-state index contributed by atoms with van der Waals surface area (Å²) >= 11 is 0. The highest BCUT2D eigenvalue weighted by atomic mass is 15.3. The SMILES string of the molecule is Cc1ccc2c(c1)c(CNC(C)CCn1cccn1)nn2C. The van der Waals surface area contributed by atoms with E-state index in [1.165, 1.54) is 16.5 Å². The van der Waals surface area contributed by atoms with Crippen LogP contribution in [0.4, 0.5) is 0 Å². The van der Waals surface area contributed by atoms with E-state index in [0.29, 0.717) is 6.04 Å². The monoisotopic (exact) mass is 297 g/mol. The molecule has 0 aliphatic heterocycles. The molecule has 0 amide bonds. The third-order valence-corrected chi connectivity index (χ3v) is 4.05. The first kappa shape index (κ1) is 14.8. The Labute approximate surface area is 130 Å². The zero-order valence-corrected chi connectivity index (χ0v) is 13.5. The van der Waals surface area contributed by atoms with E-state index in [4.69, 9.17) is 0 Å². The van der Waals surface area contributed by atoms with Crippen LogP contribution < -0.4 is 5.32 Å². The smallest absolute Gasteiger partial charge is 0.0841 e. The number of nitrogens with one attached hydrogen (secondary N) is 1. The molecule has 2 aromatic heterocycles. The Morgan fingerprint density at radius 1 is 1.32 bits per heavy atom. The maximum absolute atomic E-state index is 4.65. The highest BCUT2D eigenvalue weighted by Gasteiger charge is 2.10. The van der Waals surface area contributed by atoms with Crippen LogP contribution in [0.1, 0.15) is 24.6 Å². The molecule has 0 bridgehead atoms. The molecule has 1 unspecified atom stereocenters. The number of aromatic nitrogens is 4. The van der Waals surface area contributed by atoms with Crippen LogP contribution in [-0.4, -0.2) is 25.6 Å². The summed E-state index contributed by atoms with van der Waals surface area (Å²) in [6.07, 6.45) is 4.87. The average molecular weight is 297 g/mol. The lowest BCUT2D eigenvalue weighted by atomic mass is 10.1. The Bertz CT molecular complexity index is 742. The van der Waals surface area contributed by atoms with Gasteiger partial charge in [0.15, 0.2) is 0 Å². The zero-order valence-electron chi connectivity index (χ0n) is 13.5. The minimum atomic E-state index is 0.422. The van der Waals surface area contributed by atoms with Gasteiger partial charge in [-0.2, -0.15) is 10.2 Å². The zero-order chi connectivity index (χ0) is 15.5. The van der Waals surface area contributed by atoms with E-state index in [1.54, 1.807) is 0 Å². The highest BCUT2D eigenvalue weighted by molar-refractivity contribution is 5.82. The van der Waals surface area contributed by atoms with Crippen LogP contribution in [0.2, 0.25) is 0 Å². The largest absolute Gasteiger partial charge is 0.309 e. The fraction of sp³-hybridized carbons (Fsp3) is 0.412. The first-order valence-corrected chi connectivity index (χ1v) is 7.76. The summed E-state index contributed by atoms with van der Waals surface area (Å²) in [5, 5.41) is 13.7. The lowest BCUT2D eigenvalue weighted by Crippen LogP contribution is -2.27. The molecule has 1 aromatic carbocycles. The van der Waals surface area contributed by atoms with Gasteiger partial charge in [0.05, 0.1) is 11.2 Å². The normalized spacial score (nSPS) is 12.9. The molecule has 5 nitrogen and oxygen atoms in total. The van der Waals surface area contributed by atoms with Crippen molar-refractivity contribution in [1.29, 1.82) is 0 Å². The fourth-order valence-electron chi connectivity index (χ4n) is 2.71. The molecule has 0 aliphatic carbocycles. The second-order valence-corrected chi connectivity index (χ2v) is 5.93. The molecule has 3 aromatic rings. The first-order chi connectivity index (χ1) is 10.6. The molecule has 0 saturated heterocycles. The molecule has 2 heterocycles. The highest BCUT2D eigenvalue weighted by Crippen LogP contribution is 2.19. The van der Waals surface area contributed by atoms with Crippen molar-refractivity contribution in [3.05, 3.63) is 47.9 Å². The minimum absolute atomic E-state index is 0.422. The standard InChI is InChI=1S/C17H23N5/c1-13-5-6-17-15(11-13)16(20-21(17)3)12-18-14(2)7-10-22-9-4-8-19-22/h4-6,8-9,11,14,18H,7,10,12H2,1-3H3.